The summed E-state index contributed by atoms with van der Waals surface area (Å²) in [6, 6.07) is 0. The molecule has 3 N–H and O–H groups in total. The van der Waals surface area contributed by atoms with Crippen LogP contribution in [0.5, 0.6) is 0 Å². The molecule has 0 aromatic heterocycles. The zero-order valence-corrected chi connectivity index (χ0v) is 32.9. The van der Waals surface area contributed by atoms with Gasteiger partial charge in [-0.05, 0) is 77.0 Å². The normalized spacial score (nSPS) is 14.0. The van der Waals surface area contributed by atoms with Crippen molar-refractivity contribution in [1.82, 2.24) is 0 Å². The van der Waals surface area contributed by atoms with E-state index in [2.05, 4.69) is 54.8 Å². The molecular formula is C42H69O9P. The van der Waals surface area contributed by atoms with Crippen LogP contribution in [0.25, 0.3) is 0 Å². The molecule has 0 aromatic carbocycles. The lowest BCUT2D eigenvalue weighted by molar-refractivity contribution is -0.161. The van der Waals surface area contributed by atoms with Crippen LogP contribution in [0.2, 0.25) is 0 Å². The van der Waals surface area contributed by atoms with Gasteiger partial charge in [-0.3, -0.25) is 14.1 Å². The molecule has 0 bridgehead atoms. The van der Waals surface area contributed by atoms with Gasteiger partial charge >= 0.3 is 19.8 Å². The smallest absolute Gasteiger partial charge is 0.462 e. The second-order valence-corrected chi connectivity index (χ2v) is 14.0. The van der Waals surface area contributed by atoms with E-state index in [1.54, 1.807) is 6.08 Å². The number of esters is 2. The predicted molar refractivity (Wildman–Crippen MR) is 213 cm³/mol. The highest BCUT2D eigenvalue weighted by Gasteiger charge is 2.22. The van der Waals surface area contributed by atoms with E-state index in [4.69, 9.17) is 19.3 Å². The Morgan fingerprint density at radius 1 is 0.615 bits per heavy atom. The van der Waals surface area contributed by atoms with Crippen LogP contribution in [-0.4, -0.2) is 52.3 Å². The fraction of sp³-hybridized carbons (Fsp3) is 0.619. The van der Waals surface area contributed by atoms with Gasteiger partial charge in [-0.15, -0.1) is 0 Å². The number of ether oxygens (including phenoxy) is 2. The highest BCUT2D eigenvalue weighted by atomic mass is 31.2. The van der Waals surface area contributed by atoms with Crippen molar-refractivity contribution in [2.75, 3.05) is 13.2 Å². The highest BCUT2D eigenvalue weighted by Crippen LogP contribution is 2.36. The minimum absolute atomic E-state index is 0.150. The molecule has 0 aromatic rings. The molecule has 0 rings (SSSR count). The number of allylic oxidation sites excluding steroid dienone is 12. The van der Waals surface area contributed by atoms with Crippen molar-refractivity contribution in [2.24, 2.45) is 0 Å². The third-order valence-corrected chi connectivity index (χ3v) is 8.21. The van der Waals surface area contributed by atoms with Crippen LogP contribution >= 0.6 is 7.82 Å². The Morgan fingerprint density at radius 3 is 1.83 bits per heavy atom. The predicted octanol–water partition coefficient (Wildman–Crippen LogP) is 10.6. The fourth-order valence-electron chi connectivity index (χ4n) is 4.82. The Labute approximate surface area is 314 Å². The number of aliphatic hydroxyl groups is 1. The maximum absolute atomic E-state index is 12.4. The maximum Gasteiger partial charge on any atom is 0.469 e. The molecular weight excluding hydrogens is 679 g/mol. The number of hydrogen-bond donors (Lipinski definition) is 3. The van der Waals surface area contributed by atoms with Crippen molar-refractivity contribution < 1.29 is 43.0 Å². The molecule has 0 spiro atoms. The Kier molecular flexibility index (Phi) is 34.6. The van der Waals surface area contributed by atoms with Crippen molar-refractivity contribution in [3.8, 4) is 0 Å². The highest BCUT2D eigenvalue weighted by molar-refractivity contribution is 7.46. The van der Waals surface area contributed by atoms with Crippen LogP contribution in [0.1, 0.15) is 142 Å². The van der Waals surface area contributed by atoms with E-state index in [1.807, 2.05) is 42.5 Å². The van der Waals surface area contributed by atoms with Gasteiger partial charge in [-0.2, -0.15) is 0 Å². The Balaban J connectivity index is 4.16. The average Bonchev–Trinajstić information content (AvgIpc) is 3.11. The van der Waals surface area contributed by atoms with Crippen molar-refractivity contribution in [3.05, 3.63) is 85.1 Å². The quantitative estimate of drug-likeness (QED) is 0.0193. The summed E-state index contributed by atoms with van der Waals surface area (Å²) in [6.45, 7) is 3.39. The molecule has 2 atom stereocenters. The molecule has 0 aliphatic rings. The summed E-state index contributed by atoms with van der Waals surface area (Å²) in [7, 11) is -4.79. The number of rotatable bonds is 34. The van der Waals surface area contributed by atoms with Gasteiger partial charge in [0.25, 0.3) is 0 Å². The minimum Gasteiger partial charge on any atom is -0.462 e. The first kappa shape index (κ1) is 49.2. The van der Waals surface area contributed by atoms with E-state index in [9.17, 15) is 19.3 Å². The zero-order valence-electron chi connectivity index (χ0n) is 32.0. The molecule has 10 heteroatoms. The summed E-state index contributed by atoms with van der Waals surface area (Å²) in [5, 5.41) is 9.97. The van der Waals surface area contributed by atoms with E-state index >= 15 is 0 Å². The molecule has 0 fully saturated rings. The van der Waals surface area contributed by atoms with Crippen molar-refractivity contribution in [3.63, 3.8) is 0 Å². The van der Waals surface area contributed by atoms with Gasteiger partial charge in [-0.1, -0.05) is 137 Å². The average molecular weight is 749 g/mol. The summed E-state index contributed by atoms with van der Waals surface area (Å²) in [5.41, 5.74) is 0. The largest absolute Gasteiger partial charge is 0.469 e. The first-order valence-electron chi connectivity index (χ1n) is 19.5. The summed E-state index contributed by atoms with van der Waals surface area (Å²) in [6.07, 6.45) is 44.8. The van der Waals surface area contributed by atoms with Crippen LogP contribution in [0.3, 0.4) is 0 Å². The molecule has 0 aliphatic heterocycles. The van der Waals surface area contributed by atoms with Crippen LogP contribution in [0.15, 0.2) is 85.1 Å². The van der Waals surface area contributed by atoms with Crippen molar-refractivity contribution >= 4 is 19.8 Å². The Morgan fingerprint density at radius 2 is 1.17 bits per heavy atom. The lowest BCUT2D eigenvalue weighted by atomic mass is 10.1. The molecule has 0 saturated heterocycles. The fourth-order valence-corrected chi connectivity index (χ4v) is 5.18. The van der Waals surface area contributed by atoms with Gasteiger partial charge in [0.2, 0.25) is 0 Å². The number of hydrogen-bond acceptors (Lipinski definition) is 7. The first-order valence-corrected chi connectivity index (χ1v) is 21.0. The van der Waals surface area contributed by atoms with Crippen LogP contribution in [0, 0.1) is 0 Å². The molecule has 1 unspecified atom stereocenters. The second kappa shape index (κ2) is 36.5. The van der Waals surface area contributed by atoms with Gasteiger partial charge in [0.1, 0.15) is 6.61 Å². The molecule has 9 nitrogen and oxygen atoms in total. The van der Waals surface area contributed by atoms with Gasteiger partial charge in [0.05, 0.1) is 12.7 Å². The number of phosphoric ester groups is 1. The summed E-state index contributed by atoms with van der Waals surface area (Å²) < 4.78 is 26.2. The van der Waals surface area contributed by atoms with Gasteiger partial charge in [-0.25, -0.2) is 4.57 Å². The van der Waals surface area contributed by atoms with Gasteiger partial charge in [0, 0.05) is 12.8 Å². The number of aliphatic hydroxyl groups excluding tert-OH is 1. The second-order valence-electron chi connectivity index (χ2n) is 12.7. The monoisotopic (exact) mass is 748 g/mol. The minimum atomic E-state index is -4.79. The molecule has 0 aliphatic carbocycles. The third kappa shape index (κ3) is 38.4. The maximum atomic E-state index is 12.4. The molecule has 0 saturated carbocycles. The molecule has 52 heavy (non-hydrogen) atoms. The topological polar surface area (TPSA) is 140 Å². The summed E-state index contributed by atoms with van der Waals surface area (Å²) in [5.74, 6) is -1.01. The van der Waals surface area contributed by atoms with E-state index in [-0.39, 0.29) is 19.4 Å². The standard InChI is InChI=1S/C42H69O9P/c1-3-5-7-9-11-12-13-14-15-16-17-18-19-24-28-32-36-42(45)51-40(38-50-52(46,47)48)37-49-41(44)35-31-27-23-21-20-22-26-30-34-39(43)33-29-25-10-8-6-4-2/h6,8,11-12,14-15,21-23,25-26,29-30,34,39-40,43H,3-5,7,9-10,13,16-20,24,27-28,31-33,35-38H2,1-2H3,(H2,46,47,48)/b8-6-,12-11-,15-14-,23-21-,26-22-,29-25-,34-30+/t39?,40-/m1/s1. The first-order chi connectivity index (χ1) is 25.2. The molecule has 0 heterocycles. The molecule has 0 radical (unpaired) electrons. The van der Waals surface area contributed by atoms with Gasteiger partial charge in [0.15, 0.2) is 6.10 Å². The Hall–Kier alpha value is -2.81. The summed E-state index contributed by atoms with van der Waals surface area (Å²) in [4.78, 5) is 42.7. The van der Waals surface area contributed by atoms with E-state index in [1.165, 1.54) is 25.7 Å². The lowest BCUT2D eigenvalue weighted by Crippen LogP contribution is -2.29. The van der Waals surface area contributed by atoms with E-state index in [0.29, 0.717) is 25.7 Å². The Bertz CT molecular complexity index is 1130. The zero-order chi connectivity index (χ0) is 38.4. The van der Waals surface area contributed by atoms with Gasteiger partial charge < -0.3 is 24.4 Å². The van der Waals surface area contributed by atoms with E-state index in [0.717, 1.165) is 64.2 Å². The number of carbonyl (C=O) groups excluding carboxylic acids is 2. The van der Waals surface area contributed by atoms with Crippen LogP contribution in [0.4, 0.5) is 0 Å². The summed E-state index contributed by atoms with van der Waals surface area (Å²) >= 11 is 0. The number of carbonyl (C=O) groups is 2. The number of unbranched alkanes of at least 4 members (excludes halogenated alkanes) is 10. The molecule has 0 amide bonds. The van der Waals surface area contributed by atoms with Crippen molar-refractivity contribution in [1.29, 1.82) is 0 Å². The van der Waals surface area contributed by atoms with Crippen LogP contribution in [-0.2, 0) is 28.2 Å². The molecule has 296 valence electrons. The van der Waals surface area contributed by atoms with Crippen molar-refractivity contribution in [2.45, 2.75) is 154 Å². The SMILES string of the molecule is CC/C=C\C/C=C\CC(O)/C=C/C=C\C/C=C\CCCC(=O)OC[C@H](COP(=O)(O)O)OC(=O)CCCCCCCC/C=C\C/C=C\CCCCC. The third-order valence-electron chi connectivity index (χ3n) is 7.73. The van der Waals surface area contributed by atoms with Crippen LogP contribution < -0.4 is 0 Å². The number of phosphoric acid groups is 1. The lowest BCUT2D eigenvalue weighted by Gasteiger charge is -2.18. The van der Waals surface area contributed by atoms with E-state index < -0.39 is 38.6 Å².